The Morgan fingerprint density at radius 1 is 1.12 bits per heavy atom. The molecule has 5 heteroatoms. The maximum absolute atomic E-state index is 11.4. The molecule has 0 bridgehead atoms. The molecule has 16 heavy (non-hydrogen) atoms. The molecule has 1 aliphatic heterocycles. The molecule has 96 valence electrons. The molecule has 0 unspecified atom stereocenters. The normalized spacial score (nSPS) is 21.2. The molecule has 0 spiro atoms. The van der Waals surface area contributed by atoms with Crippen molar-refractivity contribution in [2.75, 3.05) is 39.0 Å². The smallest absolute Gasteiger partial charge is 0.211 e. The third-order valence-corrected chi connectivity index (χ3v) is 4.34. The van der Waals surface area contributed by atoms with Gasteiger partial charge in [-0.05, 0) is 31.8 Å². The molecule has 4 nitrogen and oxygen atoms in total. The van der Waals surface area contributed by atoms with Crippen LogP contribution >= 0.6 is 0 Å². The monoisotopic (exact) mass is 248 g/mol. The van der Waals surface area contributed by atoms with Crippen LogP contribution in [0.2, 0.25) is 0 Å². The first-order valence-electron chi connectivity index (χ1n) is 6.07. The van der Waals surface area contributed by atoms with E-state index in [0.717, 1.165) is 26.1 Å². The van der Waals surface area contributed by atoms with E-state index >= 15 is 0 Å². The summed E-state index contributed by atoms with van der Waals surface area (Å²) >= 11 is 0. The summed E-state index contributed by atoms with van der Waals surface area (Å²) in [4.78, 5) is 2.38. The predicted molar refractivity (Wildman–Crippen MR) is 66.9 cm³/mol. The zero-order chi connectivity index (χ0) is 12.2. The van der Waals surface area contributed by atoms with Gasteiger partial charge in [0, 0.05) is 19.6 Å². The van der Waals surface area contributed by atoms with Crippen LogP contribution in [0.3, 0.4) is 0 Å². The van der Waals surface area contributed by atoms with Crippen molar-refractivity contribution in [3.63, 3.8) is 0 Å². The average molecular weight is 248 g/mol. The number of hydrogen-bond acceptors (Lipinski definition) is 3. The van der Waals surface area contributed by atoms with Crippen molar-refractivity contribution >= 4 is 10.0 Å². The minimum atomic E-state index is -3.00. The summed E-state index contributed by atoms with van der Waals surface area (Å²) in [6, 6.07) is 0. The Kier molecular flexibility index (Phi) is 5.21. The lowest BCUT2D eigenvalue weighted by Crippen LogP contribution is -2.34. The first-order valence-corrected chi connectivity index (χ1v) is 7.92. The molecule has 0 aromatic heterocycles. The third kappa shape index (κ3) is 4.80. The third-order valence-electron chi connectivity index (χ3n) is 3.04. The van der Waals surface area contributed by atoms with Crippen molar-refractivity contribution in [1.82, 2.24) is 9.21 Å². The average Bonchev–Trinajstić information content (AvgIpc) is 2.38. The van der Waals surface area contributed by atoms with Gasteiger partial charge in [0.2, 0.25) is 10.0 Å². The SMILES string of the molecule is CC(C)CCN1CCCN(S(C)(=O)=O)CC1. The van der Waals surface area contributed by atoms with E-state index in [1.165, 1.54) is 12.7 Å². The molecule has 0 aromatic carbocycles. The second-order valence-electron chi connectivity index (χ2n) is 5.04. The molecular weight excluding hydrogens is 224 g/mol. The van der Waals surface area contributed by atoms with Gasteiger partial charge in [-0.2, -0.15) is 0 Å². The van der Waals surface area contributed by atoms with Crippen LogP contribution < -0.4 is 0 Å². The van der Waals surface area contributed by atoms with Crippen LogP contribution in [0.5, 0.6) is 0 Å². The van der Waals surface area contributed by atoms with Crippen LogP contribution in [0.1, 0.15) is 26.7 Å². The van der Waals surface area contributed by atoms with Gasteiger partial charge < -0.3 is 4.90 Å². The Balaban J connectivity index is 2.41. The second kappa shape index (κ2) is 5.98. The molecule has 0 amide bonds. The first kappa shape index (κ1) is 13.9. The number of rotatable bonds is 4. The molecule has 1 rings (SSSR count). The number of hydrogen-bond donors (Lipinski definition) is 0. The van der Waals surface area contributed by atoms with E-state index in [-0.39, 0.29) is 0 Å². The van der Waals surface area contributed by atoms with Gasteiger partial charge in [0.25, 0.3) is 0 Å². The van der Waals surface area contributed by atoms with Crippen molar-refractivity contribution < 1.29 is 8.42 Å². The summed E-state index contributed by atoms with van der Waals surface area (Å²) in [5.41, 5.74) is 0. The summed E-state index contributed by atoms with van der Waals surface area (Å²) in [6.45, 7) is 8.77. The van der Waals surface area contributed by atoms with Crippen LogP contribution in [-0.4, -0.2) is 56.6 Å². The van der Waals surface area contributed by atoms with E-state index in [1.54, 1.807) is 4.31 Å². The highest BCUT2D eigenvalue weighted by Crippen LogP contribution is 2.09. The van der Waals surface area contributed by atoms with Crippen LogP contribution in [0.25, 0.3) is 0 Å². The quantitative estimate of drug-likeness (QED) is 0.745. The van der Waals surface area contributed by atoms with Crippen LogP contribution in [0.15, 0.2) is 0 Å². The van der Waals surface area contributed by atoms with E-state index < -0.39 is 10.0 Å². The van der Waals surface area contributed by atoms with Gasteiger partial charge in [-0.1, -0.05) is 13.8 Å². The first-order chi connectivity index (χ1) is 7.39. The Bertz CT molecular complexity index is 301. The lowest BCUT2D eigenvalue weighted by Gasteiger charge is -2.21. The highest BCUT2D eigenvalue weighted by Gasteiger charge is 2.20. The topological polar surface area (TPSA) is 40.6 Å². The highest BCUT2D eigenvalue weighted by molar-refractivity contribution is 7.88. The second-order valence-corrected chi connectivity index (χ2v) is 7.02. The molecule has 0 aliphatic carbocycles. The van der Waals surface area contributed by atoms with E-state index in [9.17, 15) is 8.42 Å². The Hall–Kier alpha value is -0.130. The molecule has 0 saturated carbocycles. The highest BCUT2D eigenvalue weighted by atomic mass is 32.2. The van der Waals surface area contributed by atoms with Gasteiger partial charge in [-0.3, -0.25) is 0 Å². The van der Waals surface area contributed by atoms with Crippen molar-refractivity contribution in [1.29, 1.82) is 0 Å². The van der Waals surface area contributed by atoms with Gasteiger partial charge in [0.15, 0.2) is 0 Å². The minimum absolute atomic E-state index is 0.650. The fourth-order valence-electron chi connectivity index (χ4n) is 1.94. The van der Waals surface area contributed by atoms with Crippen molar-refractivity contribution in [3.8, 4) is 0 Å². The van der Waals surface area contributed by atoms with Gasteiger partial charge in [0.05, 0.1) is 6.26 Å². The lowest BCUT2D eigenvalue weighted by atomic mass is 10.1. The molecule has 1 heterocycles. The molecule has 1 aliphatic rings. The maximum Gasteiger partial charge on any atom is 0.211 e. The summed E-state index contributed by atoms with van der Waals surface area (Å²) in [6.07, 6.45) is 3.45. The van der Waals surface area contributed by atoms with Crippen molar-refractivity contribution in [3.05, 3.63) is 0 Å². The summed E-state index contributed by atoms with van der Waals surface area (Å²) in [5, 5.41) is 0. The van der Waals surface area contributed by atoms with Crippen LogP contribution in [0, 0.1) is 5.92 Å². The Labute approximate surface area is 99.7 Å². The molecular formula is C11H24N2O2S. The van der Waals surface area contributed by atoms with Crippen molar-refractivity contribution in [2.45, 2.75) is 26.7 Å². The fourth-order valence-corrected chi connectivity index (χ4v) is 2.82. The predicted octanol–water partition coefficient (Wildman–Crippen LogP) is 1.000. The van der Waals surface area contributed by atoms with Gasteiger partial charge in [-0.15, -0.1) is 0 Å². The summed E-state index contributed by atoms with van der Waals surface area (Å²) in [5.74, 6) is 0.717. The Morgan fingerprint density at radius 3 is 2.38 bits per heavy atom. The number of nitrogens with zero attached hydrogens (tertiary/aromatic N) is 2. The number of sulfonamides is 1. The molecule has 1 fully saturated rings. The van der Waals surface area contributed by atoms with E-state index in [0.29, 0.717) is 19.0 Å². The summed E-state index contributed by atoms with van der Waals surface area (Å²) < 4.78 is 24.4. The van der Waals surface area contributed by atoms with Gasteiger partial charge >= 0.3 is 0 Å². The van der Waals surface area contributed by atoms with E-state index in [2.05, 4.69) is 18.7 Å². The molecule has 0 radical (unpaired) electrons. The van der Waals surface area contributed by atoms with Crippen LogP contribution in [-0.2, 0) is 10.0 Å². The molecule has 0 aromatic rings. The summed E-state index contributed by atoms with van der Waals surface area (Å²) in [7, 11) is -3.00. The standard InChI is InChI=1S/C11H24N2O2S/c1-11(2)5-8-12-6-4-7-13(10-9-12)16(3,14)15/h11H,4-10H2,1-3H3. The Morgan fingerprint density at radius 2 is 1.81 bits per heavy atom. The minimum Gasteiger partial charge on any atom is -0.302 e. The van der Waals surface area contributed by atoms with Crippen LogP contribution in [0.4, 0.5) is 0 Å². The zero-order valence-electron chi connectivity index (χ0n) is 10.6. The molecule has 1 saturated heterocycles. The zero-order valence-corrected chi connectivity index (χ0v) is 11.5. The lowest BCUT2D eigenvalue weighted by molar-refractivity contribution is 0.269. The molecule has 0 atom stereocenters. The van der Waals surface area contributed by atoms with Crippen molar-refractivity contribution in [2.24, 2.45) is 5.92 Å². The van der Waals surface area contributed by atoms with E-state index in [1.807, 2.05) is 0 Å². The maximum atomic E-state index is 11.4. The van der Waals surface area contributed by atoms with Gasteiger partial charge in [-0.25, -0.2) is 12.7 Å². The van der Waals surface area contributed by atoms with E-state index in [4.69, 9.17) is 0 Å². The van der Waals surface area contributed by atoms with Gasteiger partial charge in [0.1, 0.15) is 0 Å². The largest absolute Gasteiger partial charge is 0.302 e. The fraction of sp³-hybridized carbons (Fsp3) is 1.00. The molecule has 0 N–H and O–H groups in total.